The van der Waals surface area contributed by atoms with Gasteiger partial charge in [-0.1, -0.05) is 101 Å². The van der Waals surface area contributed by atoms with E-state index in [2.05, 4.69) is 17.2 Å². The highest BCUT2D eigenvalue weighted by Gasteiger charge is 2.51. The van der Waals surface area contributed by atoms with Crippen molar-refractivity contribution < 1.29 is 0 Å². The van der Waals surface area contributed by atoms with E-state index in [4.69, 9.17) is 69.6 Å². The number of nitrogens with zero attached hydrogens (tertiary/aromatic N) is 3. The van der Waals surface area contributed by atoms with Gasteiger partial charge < -0.3 is 0 Å². The third-order valence-electron chi connectivity index (χ3n) is 2.55. The molecule has 0 fully saturated rings. The fraction of sp³-hybridized carbons (Fsp3) is 0.800. The monoisotopic (exact) mass is 385 g/mol. The zero-order valence-corrected chi connectivity index (χ0v) is 14.7. The van der Waals surface area contributed by atoms with Crippen LogP contribution in [0.4, 0.5) is 0 Å². The van der Waals surface area contributed by atoms with Gasteiger partial charge in [-0.05, 0) is 6.42 Å². The normalized spacial score (nSPS) is 13.0. The highest BCUT2D eigenvalue weighted by molar-refractivity contribution is 6.75. The summed E-state index contributed by atoms with van der Waals surface area (Å²) in [7, 11) is 0. The second kappa shape index (κ2) is 7.24. The number of hydrogen-bond donors (Lipinski definition) is 0. The minimum Gasteiger partial charge on any atom is -0.233 e. The van der Waals surface area contributed by atoms with Crippen LogP contribution in [0.15, 0.2) is 0 Å². The molecule has 1 heterocycles. The number of unbranched alkanes of at least 4 members (excludes halogenated alkanes) is 3. The fourth-order valence-corrected chi connectivity index (χ4v) is 2.38. The van der Waals surface area contributed by atoms with Gasteiger partial charge in [0.15, 0.2) is 5.15 Å². The van der Waals surface area contributed by atoms with Crippen LogP contribution in [-0.2, 0) is 10.9 Å². The largest absolute Gasteiger partial charge is 0.233 e. The lowest BCUT2D eigenvalue weighted by molar-refractivity contribution is 0.528. The first-order chi connectivity index (χ1) is 8.71. The van der Waals surface area contributed by atoms with Crippen molar-refractivity contribution in [2.75, 3.05) is 0 Å². The van der Waals surface area contributed by atoms with E-state index in [0.717, 1.165) is 25.7 Å². The molecule has 1 aromatic rings. The first-order valence-electron chi connectivity index (χ1n) is 5.75. The molecule has 0 N–H and O–H groups in total. The summed E-state index contributed by atoms with van der Waals surface area (Å²) in [6, 6.07) is 0. The van der Waals surface area contributed by atoms with Gasteiger partial charge in [-0.2, -0.15) is 0 Å². The molecule has 0 amide bonds. The van der Waals surface area contributed by atoms with Crippen LogP contribution in [0.1, 0.15) is 38.3 Å². The Kier molecular flexibility index (Phi) is 6.83. The fourth-order valence-electron chi connectivity index (χ4n) is 1.46. The maximum Gasteiger partial charge on any atom is 0.228 e. The van der Waals surface area contributed by atoms with E-state index in [1.165, 1.54) is 4.68 Å². The highest BCUT2D eigenvalue weighted by Crippen LogP contribution is 2.53. The van der Waals surface area contributed by atoms with Crippen molar-refractivity contribution in [1.82, 2.24) is 15.0 Å². The Morgan fingerprint density at radius 2 is 1.68 bits per heavy atom. The van der Waals surface area contributed by atoms with Crippen LogP contribution >= 0.6 is 69.6 Å². The molecule has 0 bridgehead atoms. The lowest BCUT2D eigenvalue weighted by atomic mass is 10.2. The molecule has 0 aromatic carbocycles. The van der Waals surface area contributed by atoms with E-state index in [1.807, 2.05) is 0 Å². The van der Waals surface area contributed by atoms with E-state index >= 15 is 0 Å². The number of rotatable bonds is 6. The third kappa shape index (κ3) is 4.42. The van der Waals surface area contributed by atoms with Crippen molar-refractivity contribution in [2.45, 2.75) is 47.3 Å². The smallest absolute Gasteiger partial charge is 0.228 e. The van der Waals surface area contributed by atoms with Crippen LogP contribution in [0.2, 0.25) is 5.15 Å². The summed E-state index contributed by atoms with van der Waals surface area (Å²) in [5.41, 5.74) is 0.0491. The topological polar surface area (TPSA) is 30.7 Å². The predicted octanol–water partition coefficient (Wildman–Crippen LogP) is 5.51. The minimum atomic E-state index is -1.96. The standard InChI is InChI=1S/C10H13Cl6N3/c1-2-3-4-5-6-19-8(11)7(17-18-19)9(12,13)10(14,15)16/h2-6H2,1H3. The summed E-state index contributed by atoms with van der Waals surface area (Å²) in [5.74, 6) is 0. The molecule has 0 radical (unpaired) electrons. The number of aromatic nitrogens is 3. The maximum absolute atomic E-state index is 6.12. The van der Waals surface area contributed by atoms with Crippen LogP contribution in [0.3, 0.4) is 0 Å². The van der Waals surface area contributed by atoms with Crippen LogP contribution in [-0.4, -0.2) is 18.8 Å². The average molecular weight is 388 g/mol. The molecule has 1 aromatic heterocycles. The van der Waals surface area contributed by atoms with E-state index < -0.39 is 8.13 Å². The molecule has 110 valence electrons. The molecular weight excluding hydrogens is 375 g/mol. The Bertz CT molecular complexity index is 412. The van der Waals surface area contributed by atoms with Crippen LogP contribution in [0.5, 0.6) is 0 Å². The van der Waals surface area contributed by atoms with Gasteiger partial charge in [0.25, 0.3) is 0 Å². The van der Waals surface area contributed by atoms with Gasteiger partial charge in [0.1, 0.15) is 5.69 Å². The van der Waals surface area contributed by atoms with Crippen LogP contribution in [0.25, 0.3) is 0 Å². The van der Waals surface area contributed by atoms with E-state index in [0.29, 0.717) is 6.54 Å². The summed E-state index contributed by atoms with van der Waals surface area (Å²) in [6.07, 6.45) is 4.32. The van der Waals surface area contributed by atoms with Crippen molar-refractivity contribution >= 4 is 69.6 Å². The third-order valence-corrected chi connectivity index (χ3v) is 5.28. The molecular formula is C10H13Cl6N3. The molecule has 0 aliphatic rings. The molecule has 0 atom stereocenters. The van der Waals surface area contributed by atoms with Crippen molar-refractivity contribution in [1.29, 1.82) is 0 Å². The Morgan fingerprint density at radius 1 is 1.05 bits per heavy atom. The highest BCUT2D eigenvalue weighted by atomic mass is 35.6. The Balaban J connectivity index is 2.81. The zero-order valence-electron chi connectivity index (χ0n) is 10.1. The molecule has 3 nitrogen and oxygen atoms in total. The maximum atomic E-state index is 6.12. The van der Waals surface area contributed by atoms with Gasteiger partial charge in [0, 0.05) is 6.54 Å². The summed E-state index contributed by atoms with van der Waals surface area (Å²) < 4.78 is -2.30. The van der Waals surface area contributed by atoms with Gasteiger partial charge in [-0.3, -0.25) is 0 Å². The first-order valence-corrected chi connectivity index (χ1v) is 8.02. The summed E-state index contributed by atoms with van der Waals surface area (Å²) in [4.78, 5) is 0. The number of hydrogen-bond acceptors (Lipinski definition) is 2. The molecule has 0 saturated heterocycles. The second-order valence-corrected chi connectivity index (χ2v) is 8.05. The molecule has 0 saturated carbocycles. The van der Waals surface area contributed by atoms with Crippen molar-refractivity contribution in [3.8, 4) is 0 Å². The number of aryl methyl sites for hydroxylation is 1. The molecule has 0 aliphatic carbocycles. The van der Waals surface area contributed by atoms with Crippen molar-refractivity contribution in [2.24, 2.45) is 0 Å². The van der Waals surface area contributed by atoms with Gasteiger partial charge in [0.05, 0.1) is 0 Å². The summed E-state index contributed by atoms with van der Waals surface area (Å²) >= 11 is 35.3. The SMILES string of the molecule is CCCCCCn1nnc(C(Cl)(Cl)C(Cl)(Cl)Cl)c1Cl. The second-order valence-electron chi connectivity index (χ2n) is 4.08. The van der Waals surface area contributed by atoms with Crippen LogP contribution < -0.4 is 0 Å². The van der Waals surface area contributed by atoms with E-state index in [-0.39, 0.29) is 10.8 Å². The Hall–Kier alpha value is 0.880. The average Bonchev–Trinajstić information content (AvgIpc) is 2.65. The van der Waals surface area contributed by atoms with E-state index in [9.17, 15) is 0 Å². The molecule has 0 spiro atoms. The Labute approximate surface area is 142 Å². The van der Waals surface area contributed by atoms with Gasteiger partial charge >= 0.3 is 0 Å². The molecule has 0 aliphatic heterocycles. The quantitative estimate of drug-likeness (QED) is 0.475. The lowest BCUT2D eigenvalue weighted by Crippen LogP contribution is -2.29. The predicted molar refractivity (Wildman–Crippen MR) is 82.8 cm³/mol. The van der Waals surface area contributed by atoms with Crippen LogP contribution in [0, 0.1) is 0 Å². The number of halogens is 6. The van der Waals surface area contributed by atoms with E-state index in [1.54, 1.807) is 0 Å². The minimum absolute atomic E-state index is 0.0491. The lowest BCUT2D eigenvalue weighted by Gasteiger charge is -2.25. The van der Waals surface area contributed by atoms with Gasteiger partial charge in [-0.15, -0.1) is 5.10 Å². The number of alkyl halides is 5. The van der Waals surface area contributed by atoms with Gasteiger partial charge in [-0.25, -0.2) is 4.68 Å². The summed E-state index contributed by atoms with van der Waals surface area (Å²) in [5, 5.41) is 7.89. The van der Waals surface area contributed by atoms with Crippen molar-refractivity contribution in [3.05, 3.63) is 10.8 Å². The zero-order chi connectivity index (χ0) is 14.7. The molecule has 1 rings (SSSR count). The summed E-state index contributed by atoms with van der Waals surface area (Å²) in [6.45, 7) is 2.76. The van der Waals surface area contributed by atoms with Gasteiger partial charge in [0.2, 0.25) is 8.13 Å². The molecule has 9 heteroatoms. The Morgan fingerprint density at radius 3 is 2.21 bits per heavy atom. The van der Waals surface area contributed by atoms with Crippen molar-refractivity contribution in [3.63, 3.8) is 0 Å². The molecule has 19 heavy (non-hydrogen) atoms. The first kappa shape index (κ1) is 17.9. The molecule has 0 unspecified atom stereocenters.